The highest BCUT2D eigenvalue weighted by Crippen LogP contribution is 2.25. The average molecular weight is 276 g/mol. The normalized spacial score (nSPS) is 10.4. The SMILES string of the molecule is Cc1ccccc1SCC(=O)c1cc(F)ccc1O. The number of carbonyl (C=O) groups excluding carboxylic acids is 1. The summed E-state index contributed by atoms with van der Waals surface area (Å²) in [5.41, 5.74) is 1.12. The van der Waals surface area contributed by atoms with Gasteiger partial charge in [-0.25, -0.2) is 4.39 Å². The van der Waals surface area contributed by atoms with Gasteiger partial charge in [-0.2, -0.15) is 0 Å². The van der Waals surface area contributed by atoms with E-state index in [2.05, 4.69) is 0 Å². The minimum Gasteiger partial charge on any atom is -0.507 e. The molecule has 0 saturated carbocycles. The molecule has 0 unspecified atom stereocenters. The van der Waals surface area contributed by atoms with Crippen LogP contribution in [-0.4, -0.2) is 16.6 Å². The number of halogens is 1. The molecule has 0 aromatic heterocycles. The van der Waals surface area contributed by atoms with Crippen LogP contribution in [0.3, 0.4) is 0 Å². The van der Waals surface area contributed by atoms with Gasteiger partial charge < -0.3 is 5.11 Å². The molecule has 0 amide bonds. The van der Waals surface area contributed by atoms with E-state index in [0.717, 1.165) is 22.6 Å². The molecule has 98 valence electrons. The zero-order valence-corrected chi connectivity index (χ0v) is 11.2. The minimum atomic E-state index is -0.526. The van der Waals surface area contributed by atoms with Crippen molar-refractivity contribution in [2.75, 3.05) is 5.75 Å². The summed E-state index contributed by atoms with van der Waals surface area (Å²) in [5, 5.41) is 9.56. The van der Waals surface area contributed by atoms with E-state index >= 15 is 0 Å². The van der Waals surface area contributed by atoms with Gasteiger partial charge in [0.15, 0.2) is 5.78 Å². The number of thioether (sulfide) groups is 1. The van der Waals surface area contributed by atoms with Gasteiger partial charge >= 0.3 is 0 Å². The average Bonchev–Trinajstić information content (AvgIpc) is 2.40. The molecule has 0 heterocycles. The third-order valence-corrected chi connectivity index (χ3v) is 3.89. The number of phenols is 1. The molecule has 19 heavy (non-hydrogen) atoms. The van der Waals surface area contributed by atoms with Crippen molar-refractivity contribution in [3.63, 3.8) is 0 Å². The maximum Gasteiger partial charge on any atom is 0.176 e. The van der Waals surface area contributed by atoms with Crippen LogP contribution in [-0.2, 0) is 0 Å². The highest BCUT2D eigenvalue weighted by atomic mass is 32.2. The highest BCUT2D eigenvalue weighted by Gasteiger charge is 2.13. The zero-order chi connectivity index (χ0) is 13.8. The second-order valence-electron chi connectivity index (χ2n) is 4.14. The Morgan fingerprint density at radius 3 is 2.74 bits per heavy atom. The molecular formula is C15H13FO2S. The number of phenolic OH excluding ortho intramolecular Hbond substituents is 1. The highest BCUT2D eigenvalue weighted by molar-refractivity contribution is 8.00. The van der Waals surface area contributed by atoms with Crippen molar-refractivity contribution in [2.45, 2.75) is 11.8 Å². The monoisotopic (exact) mass is 276 g/mol. The van der Waals surface area contributed by atoms with E-state index in [0.29, 0.717) is 0 Å². The lowest BCUT2D eigenvalue weighted by Crippen LogP contribution is -2.03. The van der Waals surface area contributed by atoms with E-state index in [1.807, 2.05) is 31.2 Å². The predicted molar refractivity (Wildman–Crippen MR) is 74.3 cm³/mol. The van der Waals surface area contributed by atoms with Crippen molar-refractivity contribution in [3.8, 4) is 5.75 Å². The van der Waals surface area contributed by atoms with Gasteiger partial charge in [0.1, 0.15) is 11.6 Å². The third kappa shape index (κ3) is 3.35. The topological polar surface area (TPSA) is 37.3 Å². The van der Waals surface area contributed by atoms with Gasteiger partial charge in [0.25, 0.3) is 0 Å². The second-order valence-corrected chi connectivity index (χ2v) is 5.16. The van der Waals surface area contributed by atoms with E-state index in [1.165, 1.54) is 17.8 Å². The van der Waals surface area contributed by atoms with Crippen LogP contribution in [0.25, 0.3) is 0 Å². The fourth-order valence-corrected chi connectivity index (χ4v) is 2.58. The summed E-state index contributed by atoms with van der Waals surface area (Å²) < 4.78 is 13.1. The van der Waals surface area contributed by atoms with E-state index in [1.54, 1.807) is 0 Å². The van der Waals surface area contributed by atoms with E-state index in [4.69, 9.17) is 0 Å². The van der Waals surface area contributed by atoms with Crippen LogP contribution in [0.4, 0.5) is 4.39 Å². The number of aryl methyl sites for hydroxylation is 1. The molecule has 4 heteroatoms. The van der Waals surface area contributed by atoms with Gasteiger partial charge in [-0.15, -0.1) is 11.8 Å². The van der Waals surface area contributed by atoms with Gasteiger partial charge in [0, 0.05) is 4.90 Å². The Morgan fingerprint density at radius 1 is 1.26 bits per heavy atom. The Hall–Kier alpha value is -1.81. The first-order chi connectivity index (χ1) is 9.08. The minimum absolute atomic E-state index is 0.0288. The van der Waals surface area contributed by atoms with Crippen LogP contribution in [0.1, 0.15) is 15.9 Å². The molecule has 2 nitrogen and oxygen atoms in total. The smallest absolute Gasteiger partial charge is 0.176 e. The van der Waals surface area contributed by atoms with Crippen molar-refractivity contribution in [1.82, 2.24) is 0 Å². The Bertz CT molecular complexity index is 611. The summed E-state index contributed by atoms with van der Waals surface area (Å²) in [7, 11) is 0. The molecule has 0 aliphatic rings. The molecule has 0 spiro atoms. The lowest BCUT2D eigenvalue weighted by molar-refractivity contribution is 0.101. The third-order valence-electron chi connectivity index (χ3n) is 2.71. The van der Waals surface area contributed by atoms with Crippen LogP contribution in [0.15, 0.2) is 47.4 Å². The number of aromatic hydroxyl groups is 1. The quantitative estimate of drug-likeness (QED) is 0.681. The fourth-order valence-electron chi connectivity index (χ4n) is 1.67. The Morgan fingerprint density at radius 2 is 2.00 bits per heavy atom. The molecule has 2 aromatic rings. The molecule has 0 aliphatic carbocycles. The van der Waals surface area contributed by atoms with Crippen molar-refractivity contribution < 1.29 is 14.3 Å². The molecule has 2 rings (SSSR count). The molecular weight excluding hydrogens is 263 g/mol. The number of carbonyl (C=O) groups is 1. The number of benzene rings is 2. The summed E-state index contributed by atoms with van der Waals surface area (Å²) in [6.45, 7) is 1.96. The van der Waals surface area contributed by atoms with Gasteiger partial charge in [-0.1, -0.05) is 18.2 Å². The summed E-state index contributed by atoms with van der Waals surface area (Å²) in [6, 6.07) is 11.1. The first kappa shape index (κ1) is 13.6. The summed E-state index contributed by atoms with van der Waals surface area (Å²) in [4.78, 5) is 13.0. The van der Waals surface area contributed by atoms with Crippen molar-refractivity contribution in [1.29, 1.82) is 0 Å². The lowest BCUT2D eigenvalue weighted by Gasteiger charge is -2.06. The van der Waals surface area contributed by atoms with E-state index in [-0.39, 0.29) is 22.8 Å². The number of hydrogen-bond acceptors (Lipinski definition) is 3. The Balaban J connectivity index is 2.10. The first-order valence-electron chi connectivity index (χ1n) is 5.78. The largest absolute Gasteiger partial charge is 0.507 e. The van der Waals surface area contributed by atoms with Crippen LogP contribution in [0.5, 0.6) is 5.75 Å². The Kier molecular flexibility index (Phi) is 4.22. The van der Waals surface area contributed by atoms with Gasteiger partial charge in [-0.3, -0.25) is 4.79 Å². The predicted octanol–water partition coefficient (Wildman–Crippen LogP) is 3.81. The summed E-state index contributed by atoms with van der Waals surface area (Å²) in [5.74, 6) is -0.828. The standard InChI is InChI=1S/C15H13FO2S/c1-10-4-2-3-5-15(10)19-9-14(18)12-8-11(16)6-7-13(12)17/h2-8,17H,9H2,1H3. The maximum absolute atomic E-state index is 13.1. The van der Waals surface area contributed by atoms with Crippen LogP contribution >= 0.6 is 11.8 Å². The number of Topliss-reactive ketones (excluding diaryl/α,β-unsaturated/α-hetero) is 1. The summed E-state index contributed by atoms with van der Waals surface area (Å²) >= 11 is 1.38. The number of ketones is 1. The molecule has 0 aliphatic heterocycles. The molecule has 0 saturated heterocycles. The van der Waals surface area contributed by atoms with E-state index in [9.17, 15) is 14.3 Å². The Labute approximate surface area is 115 Å². The molecule has 0 radical (unpaired) electrons. The van der Waals surface area contributed by atoms with Crippen molar-refractivity contribution in [3.05, 3.63) is 59.4 Å². The number of hydrogen-bond donors (Lipinski definition) is 1. The van der Waals surface area contributed by atoms with Crippen LogP contribution < -0.4 is 0 Å². The van der Waals surface area contributed by atoms with E-state index < -0.39 is 5.82 Å². The molecule has 1 N–H and O–H groups in total. The van der Waals surface area contributed by atoms with Gasteiger partial charge in [0.2, 0.25) is 0 Å². The molecule has 0 atom stereocenters. The number of rotatable bonds is 4. The van der Waals surface area contributed by atoms with Gasteiger partial charge in [-0.05, 0) is 36.8 Å². The van der Waals surface area contributed by atoms with Gasteiger partial charge in [0.05, 0.1) is 11.3 Å². The maximum atomic E-state index is 13.1. The molecule has 0 bridgehead atoms. The summed E-state index contributed by atoms with van der Waals surface area (Å²) in [6.07, 6.45) is 0. The van der Waals surface area contributed by atoms with Crippen LogP contribution in [0.2, 0.25) is 0 Å². The fraction of sp³-hybridized carbons (Fsp3) is 0.133. The molecule has 2 aromatic carbocycles. The van der Waals surface area contributed by atoms with Crippen LogP contribution in [0, 0.1) is 12.7 Å². The van der Waals surface area contributed by atoms with Crippen molar-refractivity contribution >= 4 is 17.5 Å². The molecule has 0 fully saturated rings. The first-order valence-corrected chi connectivity index (χ1v) is 6.76. The second kappa shape index (κ2) is 5.89. The van der Waals surface area contributed by atoms with Crippen molar-refractivity contribution in [2.24, 2.45) is 0 Å². The zero-order valence-electron chi connectivity index (χ0n) is 10.4. The lowest BCUT2D eigenvalue weighted by atomic mass is 10.1.